The number of ether oxygens (including phenoxy) is 3. The van der Waals surface area contributed by atoms with Crippen molar-refractivity contribution < 1.29 is 52.2 Å². The summed E-state index contributed by atoms with van der Waals surface area (Å²) in [6.07, 6.45) is 64.2. The first-order valence-electron chi connectivity index (χ1n) is 25.7. The molecule has 392 valence electrons. The molecular formula is C58H89O11P. The van der Waals surface area contributed by atoms with Gasteiger partial charge in [-0.05, 0) is 116 Å². The largest absolute Gasteiger partial charge is 0.472 e. The van der Waals surface area contributed by atoms with E-state index in [1.165, 1.54) is 0 Å². The minimum atomic E-state index is -4.79. The van der Waals surface area contributed by atoms with Gasteiger partial charge in [-0.2, -0.15) is 0 Å². The Morgan fingerprint density at radius 1 is 0.400 bits per heavy atom. The Morgan fingerprint density at radius 3 is 1.16 bits per heavy atom. The van der Waals surface area contributed by atoms with Crippen LogP contribution in [0.2, 0.25) is 0 Å². The van der Waals surface area contributed by atoms with Crippen LogP contribution in [0.25, 0.3) is 0 Å². The van der Waals surface area contributed by atoms with E-state index in [-0.39, 0.29) is 19.3 Å². The quantitative estimate of drug-likeness (QED) is 0.0197. The van der Waals surface area contributed by atoms with Crippen molar-refractivity contribution in [1.82, 2.24) is 0 Å². The molecule has 0 saturated heterocycles. The van der Waals surface area contributed by atoms with E-state index in [9.17, 15) is 28.9 Å². The molecule has 0 radical (unpaired) electrons. The number of hydrogen-bond acceptors (Lipinski definition) is 10. The highest BCUT2D eigenvalue weighted by atomic mass is 31.2. The van der Waals surface area contributed by atoms with Crippen molar-refractivity contribution in [2.24, 2.45) is 0 Å². The number of hydrogen-bond donors (Lipinski definition) is 2. The smallest absolute Gasteiger partial charge is 0.462 e. The fourth-order valence-corrected chi connectivity index (χ4v) is 6.73. The monoisotopic (exact) mass is 993 g/mol. The molecule has 0 aromatic rings. The Bertz CT molecular complexity index is 1730. The normalized spacial score (nSPS) is 14.6. The van der Waals surface area contributed by atoms with Gasteiger partial charge >= 0.3 is 25.7 Å². The molecule has 3 atom stereocenters. The fourth-order valence-electron chi connectivity index (χ4n) is 5.95. The standard InChI is InChI=1S/C58H89O11P/c1-4-7-10-13-16-19-22-25-26-27-28-31-34-37-40-43-46-49-58(62)69-55(51-65-56(60)47-44-41-38-35-32-29-23-20-17-14-11-8-5-2)53-67-70(63,64)66-52-54(50-59)68-57(61)48-45-42-39-36-33-30-24-21-18-15-12-9-6-3/h7-12,16-21,25-26,28-33,37-38,40-41,54-55,59H,4-6,13-15,22-24,27,34-36,39,42-53H2,1-3H3,(H,63,64)/b10-7-,11-8-,12-9-,19-16-,20-17-,21-18-,26-25-,31-28-,32-29-,33-30-,40-37-,41-38-. The highest BCUT2D eigenvalue weighted by Gasteiger charge is 2.28. The minimum Gasteiger partial charge on any atom is -0.462 e. The Morgan fingerprint density at radius 2 is 0.743 bits per heavy atom. The summed E-state index contributed by atoms with van der Waals surface area (Å²) in [5, 5.41) is 9.77. The average Bonchev–Trinajstić information content (AvgIpc) is 3.35. The Kier molecular flexibility index (Phi) is 47.4. The van der Waals surface area contributed by atoms with Crippen LogP contribution >= 0.6 is 7.82 Å². The zero-order chi connectivity index (χ0) is 51.3. The lowest BCUT2D eigenvalue weighted by Crippen LogP contribution is -2.30. The molecular weight excluding hydrogens is 904 g/mol. The summed E-state index contributed by atoms with van der Waals surface area (Å²) in [5.41, 5.74) is 0. The number of allylic oxidation sites excluding steroid dienone is 24. The highest BCUT2D eigenvalue weighted by Crippen LogP contribution is 2.43. The van der Waals surface area contributed by atoms with Crippen LogP contribution in [0.1, 0.15) is 162 Å². The molecule has 0 aliphatic carbocycles. The zero-order valence-corrected chi connectivity index (χ0v) is 43.8. The third-order valence-corrected chi connectivity index (χ3v) is 10.7. The van der Waals surface area contributed by atoms with Crippen molar-refractivity contribution >= 4 is 25.7 Å². The van der Waals surface area contributed by atoms with Gasteiger partial charge in [0.1, 0.15) is 12.7 Å². The maximum Gasteiger partial charge on any atom is 0.472 e. The van der Waals surface area contributed by atoms with E-state index in [1.54, 1.807) is 0 Å². The molecule has 0 amide bonds. The van der Waals surface area contributed by atoms with Gasteiger partial charge in [-0.25, -0.2) is 4.57 Å². The van der Waals surface area contributed by atoms with E-state index >= 15 is 0 Å². The van der Waals surface area contributed by atoms with Crippen LogP contribution in [0.15, 0.2) is 146 Å². The van der Waals surface area contributed by atoms with Crippen molar-refractivity contribution in [3.8, 4) is 0 Å². The lowest BCUT2D eigenvalue weighted by atomic mass is 10.1. The molecule has 3 unspecified atom stereocenters. The number of unbranched alkanes of at least 4 members (excludes halogenated alkanes) is 4. The summed E-state index contributed by atoms with van der Waals surface area (Å²) in [5.74, 6) is -1.69. The number of esters is 3. The maximum absolute atomic E-state index is 12.8. The first-order chi connectivity index (χ1) is 34.2. The van der Waals surface area contributed by atoms with Crippen molar-refractivity contribution in [3.05, 3.63) is 146 Å². The predicted molar refractivity (Wildman–Crippen MR) is 288 cm³/mol. The fraction of sp³-hybridized carbons (Fsp3) is 0.534. The van der Waals surface area contributed by atoms with Crippen LogP contribution in [-0.2, 0) is 42.2 Å². The van der Waals surface area contributed by atoms with Gasteiger partial charge in [0.05, 0.1) is 19.8 Å². The number of phosphoric acid groups is 1. The van der Waals surface area contributed by atoms with E-state index in [1.807, 2.05) is 24.3 Å². The number of aliphatic hydroxyl groups excluding tert-OH is 1. The second-order valence-electron chi connectivity index (χ2n) is 16.2. The first-order valence-corrected chi connectivity index (χ1v) is 27.2. The summed E-state index contributed by atoms with van der Waals surface area (Å²) >= 11 is 0. The predicted octanol–water partition coefficient (Wildman–Crippen LogP) is 14.8. The lowest BCUT2D eigenvalue weighted by molar-refractivity contribution is -0.161. The molecule has 12 heteroatoms. The maximum atomic E-state index is 12.8. The van der Waals surface area contributed by atoms with Crippen molar-refractivity contribution in [2.45, 2.75) is 174 Å². The number of carbonyl (C=O) groups is 3. The molecule has 0 rings (SSSR count). The van der Waals surface area contributed by atoms with Crippen molar-refractivity contribution in [3.63, 3.8) is 0 Å². The molecule has 70 heavy (non-hydrogen) atoms. The van der Waals surface area contributed by atoms with Crippen LogP contribution in [0.4, 0.5) is 0 Å². The average molecular weight is 993 g/mol. The second-order valence-corrected chi connectivity index (χ2v) is 17.6. The van der Waals surface area contributed by atoms with E-state index in [2.05, 4.69) is 142 Å². The van der Waals surface area contributed by atoms with Crippen molar-refractivity contribution in [1.29, 1.82) is 0 Å². The van der Waals surface area contributed by atoms with E-state index < -0.39 is 64.4 Å². The number of phosphoric ester groups is 1. The van der Waals surface area contributed by atoms with Gasteiger partial charge in [0.15, 0.2) is 6.10 Å². The molecule has 0 aliphatic rings. The van der Waals surface area contributed by atoms with Crippen LogP contribution in [0, 0.1) is 0 Å². The van der Waals surface area contributed by atoms with Gasteiger partial charge in [0, 0.05) is 19.3 Å². The number of rotatable bonds is 45. The minimum absolute atomic E-state index is 0.0634. The Balaban J connectivity index is 4.97. The van der Waals surface area contributed by atoms with Gasteiger partial charge in [0.2, 0.25) is 0 Å². The third-order valence-electron chi connectivity index (χ3n) is 9.75. The van der Waals surface area contributed by atoms with Gasteiger partial charge < -0.3 is 24.2 Å². The summed E-state index contributed by atoms with van der Waals surface area (Å²) < 4.78 is 39.2. The van der Waals surface area contributed by atoms with E-state index in [0.717, 1.165) is 96.3 Å². The molecule has 11 nitrogen and oxygen atoms in total. The zero-order valence-electron chi connectivity index (χ0n) is 42.9. The molecule has 0 aromatic carbocycles. The molecule has 0 saturated carbocycles. The second kappa shape index (κ2) is 50.7. The Hall–Kier alpha value is -4.64. The van der Waals surface area contributed by atoms with Gasteiger partial charge in [-0.15, -0.1) is 0 Å². The summed E-state index contributed by atoms with van der Waals surface area (Å²) in [7, 11) is -4.79. The van der Waals surface area contributed by atoms with Crippen LogP contribution in [-0.4, -0.2) is 66.5 Å². The molecule has 0 heterocycles. The molecule has 0 aromatic heterocycles. The van der Waals surface area contributed by atoms with Gasteiger partial charge in [-0.1, -0.05) is 173 Å². The van der Waals surface area contributed by atoms with Gasteiger partial charge in [0.25, 0.3) is 0 Å². The Labute approximate surface area is 422 Å². The lowest BCUT2D eigenvalue weighted by Gasteiger charge is -2.21. The topological polar surface area (TPSA) is 155 Å². The van der Waals surface area contributed by atoms with Gasteiger partial charge in [-0.3, -0.25) is 23.4 Å². The number of aliphatic hydroxyl groups is 1. The van der Waals surface area contributed by atoms with Crippen LogP contribution < -0.4 is 0 Å². The summed E-state index contributed by atoms with van der Waals surface area (Å²) in [4.78, 5) is 48.3. The third kappa shape index (κ3) is 48.4. The molecule has 2 N–H and O–H groups in total. The SMILES string of the molecule is CC/C=C\C/C=C\C/C=C\C/C=C\C/C=C\CCCC(=O)OC(COC(=O)CC/C=C\C/C=C\C/C=C\C/C=C\CC)COP(=O)(O)OCC(CO)OC(=O)CCCCC/C=C\C/C=C\C/C=C\CC. The molecule has 0 aliphatic heterocycles. The molecule has 0 bridgehead atoms. The van der Waals surface area contributed by atoms with Crippen molar-refractivity contribution in [2.75, 3.05) is 26.4 Å². The summed E-state index contributed by atoms with van der Waals surface area (Å²) in [6.45, 7) is 4.06. The molecule has 0 spiro atoms. The molecule has 0 fully saturated rings. The van der Waals surface area contributed by atoms with E-state index in [0.29, 0.717) is 25.7 Å². The summed E-state index contributed by atoms with van der Waals surface area (Å²) in [6, 6.07) is 0. The first kappa shape index (κ1) is 65.4. The van der Waals surface area contributed by atoms with Crippen LogP contribution in [0.3, 0.4) is 0 Å². The van der Waals surface area contributed by atoms with Crippen LogP contribution in [0.5, 0.6) is 0 Å². The van der Waals surface area contributed by atoms with E-state index in [4.69, 9.17) is 23.3 Å². The highest BCUT2D eigenvalue weighted by molar-refractivity contribution is 7.47. The number of carbonyl (C=O) groups excluding carboxylic acids is 3.